The van der Waals surface area contributed by atoms with Gasteiger partial charge in [-0.1, -0.05) is 85.7 Å². The zero-order chi connectivity index (χ0) is 20.5. The van der Waals surface area contributed by atoms with E-state index in [0.717, 1.165) is 12.0 Å². The monoisotopic (exact) mass is 368 g/mol. The summed E-state index contributed by atoms with van der Waals surface area (Å²) in [5, 5.41) is 0. The number of carbonyl (C=O) groups is 2. The lowest BCUT2D eigenvalue weighted by Crippen LogP contribution is -2.58. The molecule has 0 radical (unpaired) electrons. The highest BCUT2D eigenvalue weighted by molar-refractivity contribution is 6.14. The molecule has 0 N–H and O–H groups in total. The molecule has 1 aromatic carbocycles. The first kappa shape index (κ1) is 20.3. The van der Waals surface area contributed by atoms with E-state index in [2.05, 4.69) is 55.4 Å². The molecule has 2 bridgehead atoms. The summed E-state index contributed by atoms with van der Waals surface area (Å²) in [6, 6.07) is 9.89. The van der Waals surface area contributed by atoms with Crippen LogP contribution in [0.4, 0.5) is 0 Å². The van der Waals surface area contributed by atoms with E-state index in [4.69, 9.17) is 0 Å². The quantitative estimate of drug-likeness (QED) is 0.624. The predicted molar refractivity (Wildman–Crippen MR) is 110 cm³/mol. The third-order valence-electron chi connectivity index (χ3n) is 8.10. The number of fused-ring (bicyclic) bond motifs is 2. The number of Topliss-reactive ketones (excluding diaryl/α,β-unsaturated/α-hetero) is 2. The van der Waals surface area contributed by atoms with Gasteiger partial charge in [0, 0.05) is 11.8 Å². The Balaban J connectivity index is 2.17. The number of ketones is 2. The second-order valence-corrected chi connectivity index (χ2v) is 11.4. The molecule has 27 heavy (non-hydrogen) atoms. The van der Waals surface area contributed by atoms with Crippen molar-refractivity contribution in [1.82, 2.24) is 0 Å². The number of rotatable bonds is 3. The second-order valence-electron chi connectivity index (χ2n) is 11.4. The van der Waals surface area contributed by atoms with E-state index in [1.165, 1.54) is 0 Å². The van der Waals surface area contributed by atoms with Gasteiger partial charge in [-0.25, -0.2) is 0 Å². The second kappa shape index (κ2) is 5.78. The minimum Gasteiger partial charge on any atom is -0.298 e. The average Bonchev–Trinajstić information content (AvgIpc) is 2.87. The van der Waals surface area contributed by atoms with Gasteiger partial charge in [-0.3, -0.25) is 9.59 Å². The molecule has 1 aromatic rings. The fraction of sp³-hybridized carbons (Fsp3) is 0.680. The Hall–Kier alpha value is -1.44. The summed E-state index contributed by atoms with van der Waals surface area (Å²) in [6.45, 7) is 17.6. The van der Waals surface area contributed by atoms with Crippen molar-refractivity contribution < 1.29 is 9.59 Å². The summed E-state index contributed by atoms with van der Waals surface area (Å²) < 4.78 is 0. The van der Waals surface area contributed by atoms with Crippen molar-refractivity contribution in [2.75, 3.05) is 0 Å². The van der Waals surface area contributed by atoms with E-state index in [9.17, 15) is 9.59 Å². The summed E-state index contributed by atoms with van der Waals surface area (Å²) >= 11 is 0. The van der Waals surface area contributed by atoms with Gasteiger partial charge in [0.25, 0.3) is 0 Å². The highest BCUT2D eigenvalue weighted by Gasteiger charge is 2.81. The molecule has 2 aliphatic carbocycles. The van der Waals surface area contributed by atoms with Gasteiger partial charge in [-0.15, -0.1) is 0 Å². The zero-order valence-corrected chi connectivity index (χ0v) is 18.4. The van der Waals surface area contributed by atoms with Gasteiger partial charge in [0.2, 0.25) is 0 Å². The molecular weight excluding hydrogens is 332 g/mol. The highest BCUT2D eigenvalue weighted by atomic mass is 16.2. The van der Waals surface area contributed by atoms with Gasteiger partial charge >= 0.3 is 0 Å². The molecule has 2 aliphatic rings. The molecule has 2 saturated carbocycles. The summed E-state index contributed by atoms with van der Waals surface area (Å²) in [6.07, 6.45) is 2.03. The number of hydrogen-bond donors (Lipinski definition) is 0. The summed E-state index contributed by atoms with van der Waals surface area (Å²) in [5.74, 6) is 0.580. The van der Waals surface area contributed by atoms with Gasteiger partial charge in [0.15, 0.2) is 11.6 Å². The summed E-state index contributed by atoms with van der Waals surface area (Å²) in [4.78, 5) is 28.1. The van der Waals surface area contributed by atoms with Gasteiger partial charge in [0.1, 0.15) is 0 Å². The first-order valence-electron chi connectivity index (χ1n) is 10.4. The first-order valence-corrected chi connectivity index (χ1v) is 10.4. The van der Waals surface area contributed by atoms with Crippen LogP contribution in [-0.2, 0) is 16.0 Å². The van der Waals surface area contributed by atoms with Gasteiger partial charge in [-0.2, -0.15) is 0 Å². The number of carbonyl (C=O) groups excluding carboxylic acids is 2. The van der Waals surface area contributed by atoms with Crippen LogP contribution in [0.25, 0.3) is 0 Å². The number of hydrogen-bond acceptors (Lipinski definition) is 2. The van der Waals surface area contributed by atoms with Crippen molar-refractivity contribution in [3.63, 3.8) is 0 Å². The lowest BCUT2D eigenvalue weighted by Gasteiger charge is -2.56. The van der Waals surface area contributed by atoms with E-state index in [1.54, 1.807) is 0 Å². The van der Waals surface area contributed by atoms with Crippen molar-refractivity contribution in [3.05, 3.63) is 35.9 Å². The molecule has 148 valence electrons. The SMILES string of the molecule is CC(C)(C)C1(C(C)(C)C)C(=O)C2(C(=O)Cc3ccccc3)CCC1C2(C)C. The van der Waals surface area contributed by atoms with Gasteiger partial charge in [-0.05, 0) is 40.6 Å². The fourth-order valence-electron chi connectivity index (χ4n) is 7.41. The molecule has 2 unspecified atom stereocenters. The molecule has 2 fully saturated rings. The normalized spacial score (nSPS) is 29.2. The van der Waals surface area contributed by atoms with Crippen LogP contribution in [0.2, 0.25) is 0 Å². The molecule has 2 atom stereocenters. The fourth-order valence-corrected chi connectivity index (χ4v) is 7.41. The third kappa shape index (κ3) is 2.31. The minimum absolute atomic E-state index is 0.126. The third-order valence-corrected chi connectivity index (χ3v) is 8.10. The van der Waals surface area contributed by atoms with Crippen LogP contribution < -0.4 is 0 Å². The Morgan fingerprint density at radius 2 is 1.52 bits per heavy atom. The van der Waals surface area contributed by atoms with Gasteiger partial charge in [0.05, 0.1) is 5.41 Å². The van der Waals surface area contributed by atoms with Crippen molar-refractivity contribution in [2.24, 2.45) is 33.0 Å². The molecule has 0 spiro atoms. The van der Waals surface area contributed by atoms with Gasteiger partial charge < -0.3 is 0 Å². The molecule has 3 rings (SSSR count). The van der Waals surface area contributed by atoms with E-state index in [-0.39, 0.29) is 33.7 Å². The van der Waals surface area contributed by atoms with Crippen LogP contribution in [0.3, 0.4) is 0 Å². The van der Waals surface area contributed by atoms with Crippen molar-refractivity contribution in [3.8, 4) is 0 Å². The Morgan fingerprint density at radius 1 is 1.00 bits per heavy atom. The van der Waals surface area contributed by atoms with Crippen LogP contribution in [0.15, 0.2) is 30.3 Å². The van der Waals surface area contributed by atoms with E-state index in [0.29, 0.717) is 12.8 Å². The molecule has 0 aromatic heterocycles. The standard InChI is InChI=1S/C25H36O2/c1-21(2,3)25(22(4,5)6)18-14-15-24(20(25)27,23(18,7)8)19(26)16-17-12-10-9-11-13-17/h9-13,18H,14-16H2,1-8H3. The Kier molecular flexibility index (Phi) is 4.35. The minimum atomic E-state index is -0.853. The lowest BCUT2D eigenvalue weighted by atomic mass is 9.46. The van der Waals surface area contributed by atoms with Crippen LogP contribution in [0.5, 0.6) is 0 Å². The average molecular weight is 369 g/mol. The molecule has 0 saturated heterocycles. The van der Waals surface area contributed by atoms with Crippen molar-refractivity contribution >= 4 is 11.6 Å². The predicted octanol–water partition coefficient (Wildman–Crippen LogP) is 5.88. The lowest BCUT2D eigenvalue weighted by molar-refractivity contribution is -0.161. The van der Waals surface area contributed by atoms with E-state index < -0.39 is 10.8 Å². The largest absolute Gasteiger partial charge is 0.298 e. The number of benzene rings is 1. The maximum atomic E-state index is 14.3. The maximum absolute atomic E-state index is 14.3. The smallest absolute Gasteiger partial charge is 0.154 e. The first-order chi connectivity index (χ1) is 12.2. The molecular formula is C25H36O2. The van der Waals surface area contributed by atoms with E-state index in [1.807, 2.05) is 30.3 Å². The van der Waals surface area contributed by atoms with Crippen molar-refractivity contribution in [1.29, 1.82) is 0 Å². The van der Waals surface area contributed by atoms with Crippen LogP contribution in [0, 0.1) is 33.0 Å². The zero-order valence-electron chi connectivity index (χ0n) is 18.4. The Labute approximate surface area is 165 Å². The molecule has 0 aliphatic heterocycles. The molecule has 2 nitrogen and oxygen atoms in total. The van der Waals surface area contributed by atoms with Crippen LogP contribution in [0.1, 0.15) is 73.8 Å². The molecule has 0 heterocycles. The van der Waals surface area contributed by atoms with Crippen LogP contribution in [-0.4, -0.2) is 11.6 Å². The molecule has 2 heteroatoms. The molecule has 0 amide bonds. The highest BCUT2D eigenvalue weighted by Crippen LogP contribution is 2.78. The Morgan fingerprint density at radius 3 is 1.96 bits per heavy atom. The topological polar surface area (TPSA) is 34.1 Å². The maximum Gasteiger partial charge on any atom is 0.154 e. The summed E-state index contributed by atoms with van der Waals surface area (Å²) in [5.41, 5.74) is -1.04. The Bertz CT molecular complexity index is 744. The van der Waals surface area contributed by atoms with Crippen LogP contribution >= 0.6 is 0 Å². The van der Waals surface area contributed by atoms with Crippen molar-refractivity contribution in [2.45, 2.75) is 74.7 Å². The van der Waals surface area contributed by atoms with E-state index >= 15 is 0 Å². The summed E-state index contributed by atoms with van der Waals surface area (Å²) in [7, 11) is 0.